The fourth-order valence-electron chi connectivity index (χ4n) is 2.74. The number of rotatable bonds is 5. The molecule has 0 aliphatic carbocycles. The quantitative estimate of drug-likeness (QED) is 0.854. The zero-order chi connectivity index (χ0) is 18.7. The SMILES string of the molecule is C[C@H]1Oc2ccccc2N(CC(=O)NCc2cccc(C(=O)O)c2)C1=O. The second kappa shape index (κ2) is 7.26. The average Bonchev–Trinajstić information content (AvgIpc) is 2.64. The Morgan fingerprint density at radius 3 is 2.73 bits per heavy atom. The van der Waals surface area contributed by atoms with Gasteiger partial charge in [-0.05, 0) is 36.8 Å². The van der Waals surface area contributed by atoms with E-state index < -0.39 is 12.1 Å². The van der Waals surface area contributed by atoms with E-state index in [1.165, 1.54) is 17.0 Å². The lowest BCUT2D eigenvalue weighted by Crippen LogP contribution is -2.48. The summed E-state index contributed by atoms with van der Waals surface area (Å²) < 4.78 is 5.54. The summed E-state index contributed by atoms with van der Waals surface area (Å²) in [5.74, 6) is -1.10. The average molecular weight is 354 g/mol. The number of hydrogen-bond donors (Lipinski definition) is 2. The van der Waals surface area contributed by atoms with Crippen molar-refractivity contribution >= 4 is 23.5 Å². The third-order valence-electron chi connectivity index (χ3n) is 4.04. The van der Waals surface area contributed by atoms with Gasteiger partial charge in [0.25, 0.3) is 5.91 Å². The summed E-state index contributed by atoms with van der Waals surface area (Å²) in [7, 11) is 0. The van der Waals surface area contributed by atoms with Crippen molar-refractivity contribution in [2.45, 2.75) is 19.6 Å². The highest BCUT2D eigenvalue weighted by molar-refractivity contribution is 6.03. The number of carbonyl (C=O) groups excluding carboxylic acids is 2. The molecular weight excluding hydrogens is 336 g/mol. The molecule has 1 aliphatic heterocycles. The van der Waals surface area contributed by atoms with Crippen LogP contribution in [0.15, 0.2) is 48.5 Å². The molecule has 2 N–H and O–H groups in total. The van der Waals surface area contributed by atoms with Crippen LogP contribution >= 0.6 is 0 Å². The van der Waals surface area contributed by atoms with E-state index in [4.69, 9.17) is 9.84 Å². The van der Waals surface area contributed by atoms with Crippen LogP contribution < -0.4 is 15.0 Å². The van der Waals surface area contributed by atoms with Crippen molar-refractivity contribution < 1.29 is 24.2 Å². The largest absolute Gasteiger partial charge is 0.479 e. The Kier molecular flexibility index (Phi) is 4.88. The lowest BCUT2D eigenvalue weighted by molar-refractivity contribution is -0.128. The van der Waals surface area contributed by atoms with Crippen LogP contribution in [0.4, 0.5) is 5.69 Å². The molecule has 0 bridgehead atoms. The van der Waals surface area contributed by atoms with Crippen LogP contribution in [0.25, 0.3) is 0 Å². The number of hydrogen-bond acceptors (Lipinski definition) is 4. The van der Waals surface area contributed by atoms with Crippen molar-refractivity contribution in [2.24, 2.45) is 0 Å². The highest BCUT2D eigenvalue weighted by Crippen LogP contribution is 2.33. The first-order chi connectivity index (χ1) is 12.5. The van der Waals surface area contributed by atoms with Gasteiger partial charge in [0, 0.05) is 6.54 Å². The Bertz CT molecular complexity index is 865. The number of aromatic carboxylic acids is 1. The summed E-state index contributed by atoms with van der Waals surface area (Å²) in [5.41, 5.74) is 1.38. The number of anilines is 1. The molecule has 2 amide bonds. The topological polar surface area (TPSA) is 95.9 Å². The zero-order valence-electron chi connectivity index (χ0n) is 14.1. The Morgan fingerprint density at radius 1 is 1.19 bits per heavy atom. The minimum atomic E-state index is -1.03. The van der Waals surface area contributed by atoms with Crippen LogP contribution in [0, 0.1) is 0 Å². The number of carbonyl (C=O) groups is 3. The van der Waals surface area contributed by atoms with Gasteiger partial charge in [-0.1, -0.05) is 24.3 Å². The molecule has 0 fully saturated rings. The number of ether oxygens (including phenoxy) is 1. The number of amides is 2. The van der Waals surface area contributed by atoms with Gasteiger partial charge in [-0.15, -0.1) is 0 Å². The second-order valence-electron chi connectivity index (χ2n) is 5.93. The van der Waals surface area contributed by atoms with Gasteiger partial charge in [-0.25, -0.2) is 4.79 Å². The summed E-state index contributed by atoms with van der Waals surface area (Å²) in [5, 5.41) is 11.7. The molecule has 1 atom stereocenters. The lowest BCUT2D eigenvalue weighted by Gasteiger charge is -2.32. The predicted molar refractivity (Wildman–Crippen MR) is 94.1 cm³/mol. The second-order valence-corrected chi connectivity index (χ2v) is 5.93. The van der Waals surface area contributed by atoms with Crippen molar-refractivity contribution in [3.05, 3.63) is 59.7 Å². The van der Waals surface area contributed by atoms with Crippen molar-refractivity contribution in [1.29, 1.82) is 0 Å². The molecule has 1 aliphatic rings. The molecule has 0 saturated heterocycles. The molecule has 0 spiro atoms. The summed E-state index contributed by atoms with van der Waals surface area (Å²) in [6.07, 6.45) is -0.662. The highest BCUT2D eigenvalue weighted by Gasteiger charge is 2.32. The van der Waals surface area contributed by atoms with Crippen LogP contribution in [0.1, 0.15) is 22.8 Å². The maximum absolute atomic E-state index is 12.4. The van der Waals surface area contributed by atoms with E-state index in [1.54, 1.807) is 43.3 Å². The summed E-state index contributed by atoms with van der Waals surface area (Å²) >= 11 is 0. The molecule has 134 valence electrons. The number of carboxylic acids is 1. The van der Waals surface area contributed by atoms with E-state index in [0.29, 0.717) is 17.0 Å². The molecule has 7 nitrogen and oxygen atoms in total. The Hall–Kier alpha value is -3.35. The van der Waals surface area contributed by atoms with Gasteiger partial charge in [0.2, 0.25) is 5.91 Å². The highest BCUT2D eigenvalue weighted by atomic mass is 16.5. The first-order valence-electron chi connectivity index (χ1n) is 8.11. The predicted octanol–water partition coefficient (Wildman–Crippen LogP) is 1.82. The van der Waals surface area contributed by atoms with E-state index in [0.717, 1.165) is 0 Å². The number of nitrogens with zero attached hydrogens (tertiary/aromatic N) is 1. The molecule has 0 saturated carbocycles. The van der Waals surface area contributed by atoms with Crippen LogP contribution in [-0.2, 0) is 16.1 Å². The zero-order valence-corrected chi connectivity index (χ0v) is 14.1. The van der Waals surface area contributed by atoms with Crippen LogP contribution in [0.2, 0.25) is 0 Å². The lowest BCUT2D eigenvalue weighted by atomic mass is 10.1. The first-order valence-corrected chi connectivity index (χ1v) is 8.11. The number of fused-ring (bicyclic) bond motifs is 1. The maximum Gasteiger partial charge on any atom is 0.335 e. The van der Waals surface area contributed by atoms with Crippen LogP contribution in [-0.4, -0.2) is 35.5 Å². The first kappa shape index (κ1) is 17.5. The van der Waals surface area contributed by atoms with E-state index >= 15 is 0 Å². The van der Waals surface area contributed by atoms with Gasteiger partial charge >= 0.3 is 5.97 Å². The van der Waals surface area contributed by atoms with Gasteiger partial charge in [0.1, 0.15) is 12.3 Å². The molecule has 0 radical (unpaired) electrons. The summed E-state index contributed by atoms with van der Waals surface area (Å²) in [4.78, 5) is 37.1. The van der Waals surface area contributed by atoms with Gasteiger partial charge in [-0.2, -0.15) is 0 Å². The standard InChI is InChI=1S/C19H18N2O5/c1-12-18(23)21(15-7-2-3-8-16(15)26-12)11-17(22)20-10-13-5-4-6-14(9-13)19(24)25/h2-9,12H,10-11H2,1H3,(H,20,22)(H,24,25)/t12-/m1/s1. The Labute approximate surface area is 150 Å². The van der Waals surface area contributed by atoms with E-state index in [1.807, 2.05) is 0 Å². The molecule has 7 heteroatoms. The number of nitrogens with one attached hydrogen (secondary N) is 1. The maximum atomic E-state index is 12.4. The Morgan fingerprint density at radius 2 is 1.96 bits per heavy atom. The summed E-state index contributed by atoms with van der Waals surface area (Å²) in [6.45, 7) is 1.68. The van der Waals surface area contributed by atoms with Crippen molar-refractivity contribution in [1.82, 2.24) is 5.32 Å². The number of carboxylic acid groups (broad SMARTS) is 1. The molecule has 1 heterocycles. The third-order valence-corrected chi connectivity index (χ3v) is 4.04. The van der Waals surface area contributed by atoms with Gasteiger partial charge < -0.3 is 15.2 Å². The van der Waals surface area contributed by atoms with Crippen molar-refractivity contribution in [2.75, 3.05) is 11.4 Å². The van der Waals surface area contributed by atoms with Crippen molar-refractivity contribution in [3.8, 4) is 5.75 Å². The minimum Gasteiger partial charge on any atom is -0.479 e. The molecule has 3 rings (SSSR count). The molecular formula is C19H18N2O5. The van der Waals surface area contributed by atoms with Gasteiger partial charge in [0.15, 0.2) is 6.10 Å². The van der Waals surface area contributed by atoms with Crippen LogP contribution in [0.3, 0.4) is 0 Å². The third kappa shape index (κ3) is 3.66. The van der Waals surface area contributed by atoms with E-state index in [2.05, 4.69) is 5.32 Å². The van der Waals surface area contributed by atoms with Crippen LogP contribution in [0.5, 0.6) is 5.75 Å². The monoisotopic (exact) mass is 354 g/mol. The molecule has 0 aromatic heterocycles. The summed E-state index contributed by atoms with van der Waals surface area (Å²) in [6, 6.07) is 13.4. The molecule has 2 aromatic carbocycles. The molecule has 2 aromatic rings. The van der Waals surface area contributed by atoms with Crippen molar-refractivity contribution in [3.63, 3.8) is 0 Å². The van der Waals surface area contributed by atoms with Gasteiger partial charge in [0.05, 0.1) is 11.3 Å². The fourth-order valence-corrected chi connectivity index (χ4v) is 2.74. The molecule has 0 unspecified atom stereocenters. The number of benzene rings is 2. The normalized spacial score (nSPS) is 15.8. The smallest absolute Gasteiger partial charge is 0.335 e. The Balaban J connectivity index is 1.67. The van der Waals surface area contributed by atoms with E-state index in [9.17, 15) is 14.4 Å². The minimum absolute atomic E-state index is 0.137. The molecule has 26 heavy (non-hydrogen) atoms. The van der Waals surface area contributed by atoms with E-state index in [-0.39, 0.29) is 30.5 Å². The number of para-hydroxylation sites is 2. The fraction of sp³-hybridized carbons (Fsp3) is 0.211. The van der Waals surface area contributed by atoms with Gasteiger partial charge in [-0.3, -0.25) is 14.5 Å².